The molecule has 17 heavy (non-hydrogen) atoms. The number of fused-ring (bicyclic) bond motifs is 1. The third-order valence-electron chi connectivity index (χ3n) is 1.97. The Labute approximate surface area is 96.9 Å². The molecular formula is C9H10N3O4P. The number of aromatic nitrogens is 3. The van der Waals surface area contributed by atoms with Crippen molar-refractivity contribution in [1.29, 1.82) is 0 Å². The van der Waals surface area contributed by atoms with Crippen LogP contribution in [0.5, 0.6) is 0 Å². The van der Waals surface area contributed by atoms with Crippen molar-refractivity contribution >= 4 is 19.2 Å². The van der Waals surface area contributed by atoms with E-state index in [4.69, 9.17) is 9.15 Å². The summed E-state index contributed by atoms with van der Waals surface area (Å²) in [4.78, 5) is 12.4. The Morgan fingerprint density at radius 2 is 2.18 bits per heavy atom. The molecule has 0 bridgehead atoms. The molecule has 0 aliphatic carbocycles. The predicted molar refractivity (Wildman–Crippen MR) is 61.0 cm³/mol. The minimum atomic E-state index is -2.77. The lowest BCUT2D eigenvalue weighted by atomic mass is 10.2. The fourth-order valence-corrected chi connectivity index (χ4v) is 1.80. The summed E-state index contributed by atoms with van der Waals surface area (Å²) in [6, 6.07) is 6.68. The number of hydrogen-bond acceptors (Lipinski definition) is 6. The Morgan fingerprint density at radius 1 is 1.41 bits per heavy atom. The van der Waals surface area contributed by atoms with Gasteiger partial charge in [0.2, 0.25) is 0 Å². The summed E-state index contributed by atoms with van der Waals surface area (Å²) >= 11 is 0. The van der Waals surface area contributed by atoms with E-state index in [-0.39, 0.29) is 6.61 Å². The highest BCUT2D eigenvalue weighted by Gasteiger charge is 2.08. The molecule has 90 valence electrons. The third kappa shape index (κ3) is 2.51. The van der Waals surface area contributed by atoms with Gasteiger partial charge in [0.25, 0.3) is 0 Å². The molecule has 0 aliphatic heterocycles. The molecule has 0 aliphatic rings. The minimum absolute atomic E-state index is 0.230. The molecule has 8 heteroatoms. The highest BCUT2D eigenvalue weighted by Crippen LogP contribution is 2.17. The van der Waals surface area contributed by atoms with E-state index < -0.39 is 13.8 Å². The van der Waals surface area contributed by atoms with Crippen LogP contribution in [-0.4, -0.2) is 21.8 Å². The van der Waals surface area contributed by atoms with Crippen LogP contribution in [0.1, 0.15) is 6.92 Å². The van der Waals surface area contributed by atoms with Crippen molar-refractivity contribution in [3.05, 3.63) is 34.6 Å². The van der Waals surface area contributed by atoms with Crippen LogP contribution < -0.4 is 10.2 Å². The third-order valence-corrected chi connectivity index (χ3v) is 2.81. The zero-order valence-corrected chi connectivity index (χ0v) is 9.99. The van der Waals surface area contributed by atoms with E-state index in [1.165, 1.54) is 0 Å². The van der Waals surface area contributed by atoms with Crippen LogP contribution >= 0.6 is 8.25 Å². The van der Waals surface area contributed by atoms with Crippen LogP contribution in [-0.2, 0) is 9.09 Å². The van der Waals surface area contributed by atoms with Gasteiger partial charge in [-0.2, -0.15) is 0 Å². The van der Waals surface area contributed by atoms with E-state index >= 15 is 0 Å². The summed E-state index contributed by atoms with van der Waals surface area (Å²) < 4.78 is 20.7. The molecule has 1 aromatic carbocycles. The highest BCUT2D eigenvalue weighted by molar-refractivity contribution is 7.33. The molecule has 7 nitrogen and oxygen atoms in total. The van der Waals surface area contributed by atoms with Crippen LogP contribution in [0.2, 0.25) is 0 Å². The van der Waals surface area contributed by atoms with Gasteiger partial charge in [-0.3, -0.25) is 4.79 Å². The molecule has 1 aromatic heterocycles. The minimum Gasteiger partial charge on any atom is -0.312 e. The molecule has 0 saturated carbocycles. The fourth-order valence-electron chi connectivity index (χ4n) is 1.25. The van der Waals surface area contributed by atoms with Crippen molar-refractivity contribution in [2.45, 2.75) is 6.92 Å². The van der Waals surface area contributed by atoms with Crippen LogP contribution in [0.25, 0.3) is 10.9 Å². The lowest BCUT2D eigenvalue weighted by Crippen LogP contribution is -2.27. The van der Waals surface area contributed by atoms with Gasteiger partial charge in [-0.05, 0) is 29.1 Å². The molecule has 1 atom stereocenters. The van der Waals surface area contributed by atoms with Gasteiger partial charge in [0.15, 0.2) is 0 Å². The van der Waals surface area contributed by atoms with E-state index in [0.29, 0.717) is 15.7 Å². The van der Waals surface area contributed by atoms with Crippen LogP contribution in [0.4, 0.5) is 0 Å². The molecule has 2 rings (SSSR count). The normalized spacial score (nSPS) is 12.5. The second-order valence-electron chi connectivity index (χ2n) is 3.06. The molecule has 0 radical (unpaired) electrons. The number of hydrogen-bond donors (Lipinski definition) is 0. The number of rotatable bonds is 4. The Balaban J connectivity index is 2.39. The zero-order valence-electron chi connectivity index (χ0n) is 8.99. The molecule has 0 fully saturated rings. The van der Waals surface area contributed by atoms with Crippen LogP contribution in [0, 0.1) is 0 Å². The van der Waals surface area contributed by atoms with Gasteiger partial charge in [-0.15, -0.1) is 5.10 Å². The maximum atomic E-state index is 11.8. The van der Waals surface area contributed by atoms with E-state index in [1.807, 2.05) is 0 Å². The van der Waals surface area contributed by atoms with E-state index in [0.717, 1.165) is 0 Å². The molecule has 0 amide bonds. The van der Waals surface area contributed by atoms with E-state index in [9.17, 15) is 9.36 Å². The smallest absolute Gasteiger partial charge is 0.312 e. The summed E-state index contributed by atoms with van der Waals surface area (Å²) in [6.07, 6.45) is 0. The van der Waals surface area contributed by atoms with Crippen LogP contribution in [0.15, 0.2) is 29.1 Å². The summed E-state index contributed by atoms with van der Waals surface area (Å²) in [5, 5.41) is 7.61. The second kappa shape index (κ2) is 5.07. The van der Waals surface area contributed by atoms with E-state index in [2.05, 4.69) is 10.3 Å². The predicted octanol–water partition coefficient (Wildman–Crippen LogP) is 0.646. The molecule has 2 aromatic rings. The van der Waals surface area contributed by atoms with Crippen molar-refractivity contribution in [3.63, 3.8) is 0 Å². The van der Waals surface area contributed by atoms with Crippen molar-refractivity contribution in [2.24, 2.45) is 0 Å². The maximum Gasteiger partial charge on any atom is 0.389 e. The number of nitrogens with zero attached hydrogens (tertiary/aromatic N) is 3. The quantitative estimate of drug-likeness (QED) is 0.746. The van der Waals surface area contributed by atoms with Gasteiger partial charge in [0.05, 0.1) is 12.0 Å². The van der Waals surface area contributed by atoms with Crippen molar-refractivity contribution < 1.29 is 13.7 Å². The second-order valence-corrected chi connectivity index (χ2v) is 4.03. The van der Waals surface area contributed by atoms with Crippen LogP contribution in [0.3, 0.4) is 0 Å². The highest BCUT2D eigenvalue weighted by atomic mass is 31.1. The molecule has 1 heterocycles. The van der Waals surface area contributed by atoms with Crippen molar-refractivity contribution in [2.75, 3.05) is 6.61 Å². The summed E-state index contributed by atoms with van der Waals surface area (Å²) in [6.45, 7) is 1.90. The van der Waals surface area contributed by atoms with Gasteiger partial charge < -0.3 is 9.15 Å². The SMILES string of the molecule is CCO[PH](=O)On1nnc2ccccc2c1=O. The Morgan fingerprint density at radius 3 is 2.94 bits per heavy atom. The molecule has 0 saturated heterocycles. The fraction of sp³-hybridized carbons (Fsp3) is 0.222. The Bertz CT molecular complexity index is 612. The standard InChI is InChI=1S/C9H10N3O4P/c1-2-15-17(14)16-12-9(13)7-5-3-4-6-8(7)10-11-12/h3-6,17H,2H2,1H3. The first kappa shape index (κ1) is 11.8. The first-order valence-electron chi connectivity index (χ1n) is 4.92. The van der Waals surface area contributed by atoms with E-state index in [1.54, 1.807) is 31.2 Å². The number of benzene rings is 1. The Kier molecular flexibility index (Phi) is 3.51. The van der Waals surface area contributed by atoms with Gasteiger partial charge in [0, 0.05) is 0 Å². The van der Waals surface area contributed by atoms with Gasteiger partial charge >= 0.3 is 13.8 Å². The molecule has 1 unspecified atom stereocenters. The topological polar surface area (TPSA) is 83.3 Å². The molecule has 0 spiro atoms. The average Bonchev–Trinajstić information content (AvgIpc) is 2.33. The maximum absolute atomic E-state index is 11.8. The largest absolute Gasteiger partial charge is 0.389 e. The monoisotopic (exact) mass is 255 g/mol. The summed E-state index contributed by atoms with van der Waals surface area (Å²) in [5.41, 5.74) is -0.0675. The van der Waals surface area contributed by atoms with Gasteiger partial charge in [-0.25, -0.2) is 4.57 Å². The first-order valence-corrected chi connectivity index (χ1v) is 6.14. The Hall–Kier alpha value is -1.72. The molecule has 0 N–H and O–H groups in total. The lowest BCUT2D eigenvalue weighted by Gasteiger charge is -2.05. The van der Waals surface area contributed by atoms with Gasteiger partial charge in [0.1, 0.15) is 5.52 Å². The summed E-state index contributed by atoms with van der Waals surface area (Å²) in [5.74, 6) is 0. The zero-order chi connectivity index (χ0) is 12.3. The lowest BCUT2D eigenvalue weighted by molar-refractivity contribution is 0.173. The van der Waals surface area contributed by atoms with Crippen molar-refractivity contribution in [3.8, 4) is 0 Å². The molecular weight excluding hydrogens is 245 g/mol. The van der Waals surface area contributed by atoms with Crippen molar-refractivity contribution in [1.82, 2.24) is 15.2 Å². The summed E-state index contributed by atoms with van der Waals surface area (Å²) in [7, 11) is -2.77. The van der Waals surface area contributed by atoms with Gasteiger partial charge in [-0.1, -0.05) is 12.1 Å². The average molecular weight is 255 g/mol. The first-order chi connectivity index (χ1) is 8.22.